The first-order valence-corrected chi connectivity index (χ1v) is 6.98. The largest absolute Gasteiger partial charge is 0.469 e. The van der Waals surface area contributed by atoms with E-state index < -0.39 is 0 Å². The molecule has 1 aliphatic heterocycles. The van der Waals surface area contributed by atoms with Crippen molar-refractivity contribution in [3.63, 3.8) is 0 Å². The Morgan fingerprint density at radius 3 is 2.84 bits per heavy atom. The Balaban J connectivity index is 2.32. The van der Waals surface area contributed by atoms with Crippen LogP contribution in [0.5, 0.6) is 0 Å². The number of hydrogen-bond donors (Lipinski definition) is 0. The molecule has 1 fully saturated rings. The maximum atomic E-state index is 12.2. The molecule has 1 heterocycles. The molecule has 1 saturated heterocycles. The summed E-state index contributed by atoms with van der Waals surface area (Å²) in [4.78, 5) is 14.5. The number of methoxy groups -OCH3 is 1. The topological polar surface area (TPSA) is 29.5 Å². The van der Waals surface area contributed by atoms with Gasteiger partial charge in [0.25, 0.3) is 0 Å². The smallest absolute Gasteiger partial charge is 0.314 e. The lowest BCUT2D eigenvalue weighted by Crippen LogP contribution is -2.43. The van der Waals surface area contributed by atoms with Crippen LogP contribution in [0, 0.1) is 6.92 Å². The molecular weight excluding hydrogens is 238 g/mol. The van der Waals surface area contributed by atoms with E-state index in [1.54, 1.807) is 0 Å². The molecule has 0 amide bonds. The van der Waals surface area contributed by atoms with Crippen LogP contribution in [0.25, 0.3) is 0 Å². The lowest BCUT2D eigenvalue weighted by molar-refractivity contribution is -0.144. The number of esters is 1. The minimum Gasteiger partial charge on any atom is -0.469 e. The number of carbonyl (C=O) groups excluding carboxylic acids is 1. The van der Waals surface area contributed by atoms with Gasteiger partial charge in [0.15, 0.2) is 0 Å². The maximum Gasteiger partial charge on any atom is 0.314 e. The summed E-state index contributed by atoms with van der Waals surface area (Å²) in [5.74, 6) is -0.292. The molecule has 104 valence electrons. The van der Waals surface area contributed by atoms with Crippen LogP contribution >= 0.6 is 0 Å². The predicted octanol–water partition coefficient (Wildman–Crippen LogP) is 2.74. The zero-order chi connectivity index (χ0) is 13.8. The van der Waals surface area contributed by atoms with Crippen LogP contribution < -0.4 is 0 Å². The number of carbonyl (C=O) groups is 1. The summed E-state index contributed by atoms with van der Waals surface area (Å²) in [5, 5.41) is 0. The average Bonchev–Trinajstić information content (AvgIpc) is 2.41. The molecule has 2 rings (SSSR count). The third-order valence-corrected chi connectivity index (χ3v) is 4.07. The summed E-state index contributed by atoms with van der Waals surface area (Å²) in [6.07, 6.45) is 3.47. The van der Waals surface area contributed by atoms with E-state index in [0.717, 1.165) is 18.5 Å². The van der Waals surface area contributed by atoms with Gasteiger partial charge < -0.3 is 9.64 Å². The number of aryl methyl sites for hydroxylation is 1. The number of nitrogens with zero attached hydrogens (tertiary/aromatic N) is 1. The number of benzene rings is 1. The van der Waals surface area contributed by atoms with Gasteiger partial charge in [-0.1, -0.05) is 36.2 Å². The Morgan fingerprint density at radius 1 is 1.42 bits per heavy atom. The van der Waals surface area contributed by atoms with E-state index in [4.69, 9.17) is 4.74 Å². The van der Waals surface area contributed by atoms with Gasteiger partial charge >= 0.3 is 5.97 Å². The first-order chi connectivity index (χ1) is 9.13. The van der Waals surface area contributed by atoms with Crippen molar-refractivity contribution in [3.8, 4) is 0 Å². The quantitative estimate of drug-likeness (QED) is 0.784. The molecule has 0 radical (unpaired) electrons. The maximum absolute atomic E-state index is 12.2. The molecule has 2 atom stereocenters. The Hall–Kier alpha value is -1.35. The molecule has 3 heteroatoms. The second kappa shape index (κ2) is 6.20. The highest BCUT2D eigenvalue weighted by Crippen LogP contribution is 2.31. The van der Waals surface area contributed by atoms with Crippen molar-refractivity contribution in [3.05, 3.63) is 35.4 Å². The molecule has 0 aliphatic carbocycles. The lowest BCUT2D eigenvalue weighted by atomic mass is 9.85. The highest BCUT2D eigenvalue weighted by molar-refractivity contribution is 5.79. The van der Waals surface area contributed by atoms with Gasteiger partial charge in [0, 0.05) is 6.04 Å². The van der Waals surface area contributed by atoms with Crippen molar-refractivity contribution >= 4 is 5.97 Å². The first kappa shape index (κ1) is 14.1. The van der Waals surface area contributed by atoms with Gasteiger partial charge in [-0.15, -0.1) is 0 Å². The van der Waals surface area contributed by atoms with Crippen LogP contribution in [0.15, 0.2) is 24.3 Å². The SMILES string of the molecule is COC(=O)[C@H](c1cccc(C)c1)[C@H]1CCCCN1C. The summed E-state index contributed by atoms with van der Waals surface area (Å²) in [5.41, 5.74) is 2.26. The van der Waals surface area contributed by atoms with Crippen LogP contribution in [0.2, 0.25) is 0 Å². The van der Waals surface area contributed by atoms with Crippen LogP contribution in [-0.4, -0.2) is 37.6 Å². The molecule has 0 aromatic heterocycles. The summed E-state index contributed by atoms with van der Waals surface area (Å²) < 4.78 is 5.04. The van der Waals surface area contributed by atoms with Gasteiger partial charge in [0.2, 0.25) is 0 Å². The van der Waals surface area contributed by atoms with Crippen molar-refractivity contribution < 1.29 is 9.53 Å². The number of likely N-dealkylation sites (N-methyl/N-ethyl adjacent to an activating group) is 1. The summed E-state index contributed by atoms with van der Waals surface area (Å²) in [6.45, 7) is 3.12. The van der Waals surface area contributed by atoms with E-state index in [2.05, 4.69) is 31.0 Å². The fourth-order valence-electron chi connectivity index (χ4n) is 3.03. The number of ether oxygens (including phenoxy) is 1. The zero-order valence-corrected chi connectivity index (χ0v) is 12.1. The Morgan fingerprint density at radius 2 is 2.21 bits per heavy atom. The summed E-state index contributed by atoms with van der Waals surface area (Å²) in [7, 11) is 3.59. The molecule has 0 unspecified atom stereocenters. The molecular formula is C16H23NO2. The van der Waals surface area contributed by atoms with Crippen LogP contribution in [-0.2, 0) is 9.53 Å². The molecule has 0 spiro atoms. The second-order valence-corrected chi connectivity index (χ2v) is 5.46. The molecule has 19 heavy (non-hydrogen) atoms. The zero-order valence-electron chi connectivity index (χ0n) is 12.1. The number of piperidine rings is 1. The van der Waals surface area contributed by atoms with Crippen molar-refractivity contribution in [2.24, 2.45) is 0 Å². The van der Waals surface area contributed by atoms with Gasteiger partial charge in [-0.05, 0) is 38.9 Å². The number of hydrogen-bond acceptors (Lipinski definition) is 3. The molecule has 0 saturated carbocycles. The Kier molecular flexibility index (Phi) is 4.59. The van der Waals surface area contributed by atoms with Crippen LogP contribution in [0.4, 0.5) is 0 Å². The Bertz CT molecular complexity index is 444. The standard InChI is InChI=1S/C16H23NO2/c1-12-7-6-8-13(11-12)15(16(18)19-3)14-9-4-5-10-17(14)2/h6-8,11,14-15H,4-5,9-10H2,1-3H3/t14-,15-/m1/s1. The van der Waals surface area contributed by atoms with Crippen molar-refractivity contribution in [1.29, 1.82) is 0 Å². The number of likely N-dealkylation sites (tertiary alicyclic amines) is 1. The first-order valence-electron chi connectivity index (χ1n) is 6.98. The summed E-state index contributed by atoms with van der Waals surface area (Å²) >= 11 is 0. The van der Waals surface area contributed by atoms with Gasteiger partial charge in [-0.25, -0.2) is 0 Å². The molecule has 1 aliphatic rings. The highest BCUT2D eigenvalue weighted by Gasteiger charge is 2.34. The average molecular weight is 261 g/mol. The van der Waals surface area contributed by atoms with Gasteiger partial charge in [0.05, 0.1) is 13.0 Å². The third-order valence-electron chi connectivity index (χ3n) is 4.07. The lowest BCUT2D eigenvalue weighted by Gasteiger charge is -2.37. The van der Waals surface area contributed by atoms with E-state index in [1.165, 1.54) is 25.5 Å². The minimum atomic E-state index is -0.171. The minimum absolute atomic E-state index is 0.121. The summed E-state index contributed by atoms with van der Waals surface area (Å²) in [6, 6.07) is 8.47. The molecule has 1 aromatic carbocycles. The van der Waals surface area contributed by atoms with Crippen molar-refractivity contribution in [2.75, 3.05) is 20.7 Å². The molecule has 1 aromatic rings. The van der Waals surface area contributed by atoms with Crippen molar-refractivity contribution in [2.45, 2.75) is 38.1 Å². The van der Waals surface area contributed by atoms with Gasteiger partial charge in [-0.3, -0.25) is 4.79 Å². The number of rotatable bonds is 3. The van der Waals surface area contributed by atoms with Crippen LogP contribution in [0.1, 0.15) is 36.3 Å². The normalized spacial score (nSPS) is 21.9. The predicted molar refractivity (Wildman–Crippen MR) is 76.2 cm³/mol. The van der Waals surface area contributed by atoms with Gasteiger partial charge in [-0.2, -0.15) is 0 Å². The van der Waals surface area contributed by atoms with Gasteiger partial charge in [0.1, 0.15) is 0 Å². The van der Waals surface area contributed by atoms with Crippen LogP contribution in [0.3, 0.4) is 0 Å². The van der Waals surface area contributed by atoms with E-state index in [-0.39, 0.29) is 17.9 Å². The van der Waals surface area contributed by atoms with E-state index >= 15 is 0 Å². The molecule has 0 bridgehead atoms. The monoisotopic (exact) mass is 261 g/mol. The molecule has 3 nitrogen and oxygen atoms in total. The second-order valence-electron chi connectivity index (χ2n) is 5.46. The van der Waals surface area contributed by atoms with E-state index in [9.17, 15) is 4.79 Å². The fourth-order valence-corrected chi connectivity index (χ4v) is 3.03. The molecule has 0 N–H and O–H groups in total. The highest BCUT2D eigenvalue weighted by atomic mass is 16.5. The van der Waals surface area contributed by atoms with E-state index in [1.807, 2.05) is 12.1 Å². The third kappa shape index (κ3) is 3.16. The van der Waals surface area contributed by atoms with E-state index in [0.29, 0.717) is 0 Å². The fraction of sp³-hybridized carbons (Fsp3) is 0.562. The van der Waals surface area contributed by atoms with Crippen molar-refractivity contribution in [1.82, 2.24) is 4.90 Å². The Labute approximate surface area is 115 Å².